The number of rotatable bonds is 10. The van der Waals surface area contributed by atoms with Gasteiger partial charge in [0.2, 0.25) is 11.7 Å². The van der Waals surface area contributed by atoms with Crippen molar-refractivity contribution >= 4 is 11.8 Å². The van der Waals surface area contributed by atoms with Crippen molar-refractivity contribution in [3.63, 3.8) is 0 Å². The van der Waals surface area contributed by atoms with Crippen LogP contribution >= 0.6 is 0 Å². The van der Waals surface area contributed by atoms with Crippen LogP contribution in [-0.4, -0.2) is 71.4 Å². The van der Waals surface area contributed by atoms with Gasteiger partial charge in [-0.3, -0.25) is 9.59 Å². The lowest BCUT2D eigenvalue weighted by atomic mass is 9.88. The number of benzene rings is 2. The maximum atomic E-state index is 14.3. The van der Waals surface area contributed by atoms with Crippen LogP contribution in [0.15, 0.2) is 36.4 Å². The molecule has 9 heteroatoms. The number of halogens is 1. The molecule has 184 valence electrons. The van der Waals surface area contributed by atoms with E-state index in [1.54, 1.807) is 25.3 Å². The highest BCUT2D eigenvalue weighted by atomic mass is 19.1. The molecule has 0 bridgehead atoms. The molecule has 2 aromatic carbocycles. The number of nitrogens with one attached hydrogen (secondary N) is 1. The Balaban J connectivity index is 1.94. The molecule has 2 aromatic rings. The maximum absolute atomic E-state index is 14.3. The molecule has 0 aliphatic carbocycles. The summed E-state index contributed by atoms with van der Waals surface area (Å²) in [6, 6.07) is 9.42. The van der Waals surface area contributed by atoms with Crippen LogP contribution in [-0.2, 0) is 9.53 Å². The topological polar surface area (TPSA) is 86.3 Å². The summed E-state index contributed by atoms with van der Waals surface area (Å²) in [6.07, 6.45) is 0.668. The Bertz CT molecular complexity index is 990. The second kappa shape index (κ2) is 11.7. The fraction of sp³-hybridized carbons (Fsp3) is 0.440. The van der Waals surface area contributed by atoms with E-state index in [4.69, 9.17) is 18.9 Å². The van der Waals surface area contributed by atoms with Gasteiger partial charge in [0.05, 0.1) is 32.8 Å². The van der Waals surface area contributed by atoms with Gasteiger partial charge in [-0.25, -0.2) is 4.39 Å². The van der Waals surface area contributed by atoms with Crippen molar-refractivity contribution < 1.29 is 32.9 Å². The van der Waals surface area contributed by atoms with Crippen LogP contribution in [0.25, 0.3) is 0 Å². The minimum absolute atomic E-state index is 0.0210. The van der Waals surface area contributed by atoms with E-state index < -0.39 is 17.6 Å². The first-order chi connectivity index (χ1) is 16.4. The Morgan fingerprint density at radius 3 is 2.29 bits per heavy atom. The van der Waals surface area contributed by atoms with Crippen molar-refractivity contribution in [1.29, 1.82) is 0 Å². The van der Waals surface area contributed by atoms with Gasteiger partial charge in [0.25, 0.3) is 5.91 Å². The van der Waals surface area contributed by atoms with Crippen molar-refractivity contribution in [2.24, 2.45) is 5.92 Å². The molecule has 0 unspecified atom stereocenters. The first-order valence-corrected chi connectivity index (χ1v) is 11.1. The molecule has 2 amide bonds. The fourth-order valence-corrected chi connectivity index (χ4v) is 4.25. The van der Waals surface area contributed by atoms with Crippen LogP contribution in [0.1, 0.15) is 28.3 Å². The Morgan fingerprint density at radius 1 is 1.03 bits per heavy atom. The summed E-state index contributed by atoms with van der Waals surface area (Å²) in [4.78, 5) is 27.8. The normalized spacial score (nSPS) is 17.4. The van der Waals surface area contributed by atoms with Crippen LogP contribution in [0, 0.1) is 11.7 Å². The Morgan fingerprint density at radius 2 is 1.71 bits per heavy atom. The molecule has 8 nitrogen and oxygen atoms in total. The quantitative estimate of drug-likeness (QED) is 0.533. The molecule has 1 fully saturated rings. The largest absolute Gasteiger partial charge is 0.493 e. The smallest absolute Gasteiger partial charge is 0.256 e. The van der Waals surface area contributed by atoms with E-state index in [0.717, 1.165) is 5.56 Å². The highest BCUT2D eigenvalue weighted by molar-refractivity contribution is 5.95. The van der Waals surface area contributed by atoms with Crippen LogP contribution in [0.2, 0.25) is 0 Å². The number of carbonyl (C=O) groups is 2. The van der Waals surface area contributed by atoms with E-state index in [-0.39, 0.29) is 30.5 Å². The third-order valence-corrected chi connectivity index (χ3v) is 5.99. The first-order valence-electron chi connectivity index (χ1n) is 11.1. The summed E-state index contributed by atoms with van der Waals surface area (Å²) in [5.41, 5.74) is 0.739. The van der Waals surface area contributed by atoms with Gasteiger partial charge in [0.1, 0.15) is 5.82 Å². The van der Waals surface area contributed by atoms with Gasteiger partial charge in [-0.2, -0.15) is 0 Å². The number of nitrogens with zero attached hydrogens (tertiary/aromatic N) is 1. The van der Waals surface area contributed by atoms with Crippen molar-refractivity contribution in [3.8, 4) is 17.2 Å². The summed E-state index contributed by atoms with van der Waals surface area (Å²) in [5.74, 6) is -0.780. The van der Waals surface area contributed by atoms with E-state index in [1.165, 1.54) is 44.4 Å². The number of hydrogen-bond donors (Lipinski definition) is 1. The van der Waals surface area contributed by atoms with Gasteiger partial charge >= 0.3 is 0 Å². The molecule has 2 atom stereocenters. The maximum Gasteiger partial charge on any atom is 0.256 e. The van der Waals surface area contributed by atoms with Gasteiger partial charge in [-0.1, -0.05) is 12.1 Å². The summed E-state index contributed by atoms with van der Waals surface area (Å²) >= 11 is 0. The van der Waals surface area contributed by atoms with Crippen molar-refractivity contribution in [1.82, 2.24) is 10.2 Å². The molecule has 0 radical (unpaired) electrons. The van der Waals surface area contributed by atoms with E-state index >= 15 is 0 Å². The summed E-state index contributed by atoms with van der Waals surface area (Å²) in [7, 11) is 6.15. The van der Waals surface area contributed by atoms with E-state index in [2.05, 4.69) is 5.32 Å². The second-order valence-corrected chi connectivity index (χ2v) is 8.00. The minimum Gasteiger partial charge on any atom is -0.493 e. The molecule has 0 saturated carbocycles. The lowest BCUT2D eigenvalue weighted by Crippen LogP contribution is -2.36. The van der Waals surface area contributed by atoms with E-state index in [9.17, 15) is 14.0 Å². The number of carbonyl (C=O) groups excluding carboxylic acids is 2. The fourth-order valence-electron chi connectivity index (χ4n) is 4.25. The van der Waals surface area contributed by atoms with Crippen LogP contribution in [0.3, 0.4) is 0 Å². The molecule has 3 rings (SSSR count). The van der Waals surface area contributed by atoms with Gasteiger partial charge < -0.3 is 29.2 Å². The lowest BCUT2D eigenvalue weighted by Gasteiger charge is -2.21. The van der Waals surface area contributed by atoms with E-state index in [0.29, 0.717) is 36.8 Å². The number of amides is 2. The highest BCUT2D eigenvalue weighted by Crippen LogP contribution is 2.43. The molecule has 1 aliphatic rings. The third-order valence-electron chi connectivity index (χ3n) is 5.99. The highest BCUT2D eigenvalue weighted by Gasteiger charge is 2.41. The molecular formula is C25H31FN2O6. The first kappa shape index (κ1) is 25.3. The van der Waals surface area contributed by atoms with Crippen LogP contribution < -0.4 is 19.5 Å². The summed E-state index contributed by atoms with van der Waals surface area (Å²) in [6.45, 7) is 1.37. The van der Waals surface area contributed by atoms with Gasteiger partial charge in [0, 0.05) is 39.3 Å². The molecule has 0 aromatic heterocycles. The van der Waals surface area contributed by atoms with E-state index in [1.807, 2.05) is 0 Å². The molecule has 0 spiro atoms. The Hall–Kier alpha value is -3.33. The zero-order chi connectivity index (χ0) is 24.7. The number of hydrogen-bond acceptors (Lipinski definition) is 6. The number of ether oxygens (including phenoxy) is 4. The molecule has 34 heavy (non-hydrogen) atoms. The number of methoxy groups -OCH3 is 4. The predicted octanol–water partition coefficient (Wildman–Crippen LogP) is 2.86. The average Bonchev–Trinajstić information content (AvgIpc) is 3.31. The monoisotopic (exact) mass is 474 g/mol. The number of likely N-dealkylation sites (tertiary alicyclic amines) is 1. The summed E-state index contributed by atoms with van der Waals surface area (Å²) in [5, 5.41) is 2.93. The van der Waals surface area contributed by atoms with Gasteiger partial charge in [-0.05, 0) is 36.2 Å². The Kier molecular flexibility index (Phi) is 8.70. The van der Waals surface area contributed by atoms with Gasteiger partial charge in [0.15, 0.2) is 11.5 Å². The third kappa shape index (κ3) is 5.41. The molecule has 1 aliphatic heterocycles. The average molecular weight is 475 g/mol. The SMILES string of the molecule is COCCCNC(=O)[C@@H]1CN(C(=O)c2ccccc2F)C[C@H]1c1cc(OC)c(OC)c(OC)c1. The zero-order valence-electron chi connectivity index (χ0n) is 19.9. The standard InChI is InChI=1S/C25H31FN2O6/c1-31-11-7-10-27-24(29)19-15-28(25(30)17-8-5-6-9-20(17)26)14-18(19)16-12-21(32-2)23(34-4)22(13-16)33-3/h5-6,8-9,12-13,18-19H,7,10-11,14-15H2,1-4H3,(H,27,29)/t18-,19+/m0/s1. The van der Waals surface area contributed by atoms with Crippen LogP contribution in [0.4, 0.5) is 4.39 Å². The van der Waals surface area contributed by atoms with Crippen LogP contribution in [0.5, 0.6) is 17.2 Å². The lowest BCUT2D eigenvalue weighted by molar-refractivity contribution is -0.125. The second-order valence-electron chi connectivity index (χ2n) is 8.00. The Labute approximate surface area is 198 Å². The molecule has 1 saturated heterocycles. The van der Waals surface area contributed by atoms with Gasteiger partial charge in [-0.15, -0.1) is 0 Å². The van der Waals surface area contributed by atoms with Crippen molar-refractivity contribution in [2.75, 3.05) is 54.7 Å². The molecule has 1 heterocycles. The molecule has 1 N–H and O–H groups in total. The zero-order valence-corrected chi connectivity index (χ0v) is 19.9. The van der Waals surface area contributed by atoms with Crippen molar-refractivity contribution in [2.45, 2.75) is 12.3 Å². The molecular weight excluding hydrogens is 443 g/mol. The minimum atomic E-state index is -0.593. The summed E-state index contributed by atoms with van der Waals surface area (Å²) < 4.78 is 35.7. The van der Waals surface area contributed by atoms with Crippen molar-refractivity contribution in [3.05, 3.63) is 53.3 Å². The predicted molar refractivity (Wildman–Crippen MR) is 124 cm³/mol.